The average Bonchev–Trinajstić information content (AvgIpc) is 3.09. The smallest absolute Gasteiger partial charge is 0.278 e. The van der Waals surface area contributed by atoms with Gasteiger partial charge in [-0.05, 0) is 44.2 Å². The van der Waals surface area contributed by atoms with Crippen molar-refractivity contribution < 1.29 is 18.0 Å². The molecule has 0 aliphatic rings. The van der Waals surface area contributed by atoms with Crippen LogP contribution < -0.4 is 4.90 Å². The molecule has 3 aromatic rings. The first-order chi connectivity index (χ1) is 14.2. The van der Waals surface area contributed by atoms with E-state index in [4.69, 9.17) is 23.8 Å². The number of aromatic amines is 1. The van der Waals surface area contributed by atoms with Crippen LogP contribution in [0.3, 0.4) is 0 Å². The Labute approximate surface area is 189 Å². The lowest BCUT2D eigenvalue weighted by molar-refractivity contribution is -0.137. The number of alkyl halides is 3. The first-order valence-electron chi connectivity index (χ1n) is 9.33. The van der Waals surface area contributed by atoms with Gasteiger partial charge in [0, 0.05) is 10.8 Å². The molecule has 1 N–H and O–H groups in total. The van der Waals surface area contributed by atoms with Gasteiger partial charge in [0.25, 0.3) is 0 Å². The molecule has 0 spiro atoms. The lowest BCUT2D eigenvalue weighted by atomic mass is 9.94. The maximum Gasteiger partial charge on any atom is 0.417 e. The molecule has 0 saturated heterocycles. The minimum Gasteiger partial charge on any atom is -0.278 e. The van der Waals surface area contributed by atoms with Gasteiger partial charge < -0.3 is 0 Å². The normalized spacial score (nSPS) is 11.6. The van der Waals surface area contributed by atoms with Crippen LogP contribution in [0.4, 0.5) is 18.9 Å². The summed E-state index contributed by atoms with van der Waals surface area (Å²) in [4.78, 5) is 13.6. The Morgan fingerprint density at radius 3 is 2.32 bits per heavy atom. The van der Waals surface area contributed by atoms with Crippen LogP contribution in [-0.2, 0) is 11.0 Å². The van der Waals surface area contributed by atoms with Gasteiger partial charge in [-0.3, -0.25) is 14.8 Å². The van der Waals surface area contributed by atoms with E-state index in [1.165, 1.54) is 23.9 Å². The molecule has 4 nitrogen and oxygen atoms in total. The first kappa shape index (κ1) is 24.8. The fourth-order valence-electron chi connectivity index (χ4n) is 2.71. The van der Waals surface area contributed by atoms with Gasteiger partial charge in [-0.2, -0.15) is 18.3 Å². The third-order valence-electron chi connectivity index (χ3n) is 4.27. The topological polar surface area (TPSA) is 49.0 Å². The van der Waals surface area contributed by atoms with E-state index in [2.05, 4.69) is 29.3 Å². The van der Waals surface area contributed by atoms with Crippen LogP contribution in [0, 0.1) is 12.3 Å². The van der Waals surface area contributed by atoms with E-state index in [0.717, 1.165) is 22.5 Å². The number of rotatable bonds is 1. The lowest BCUT2D eigenvalue weighted by Crippen LogP contribution is -2.42. The highest BCUT2D eigenvalue weighted by atomic mass is 35.5. The van der Waals surface area contributed by atoms with Crippen molar-refractivity contribution in [2.45, 2.75) is 40.8 Å². The monoisotopic (exact) mass is 469 g/mol. The molecule has 0 aliphatic carbocycles. The van der Waals surface area contributed by atoms with Gasteiger partial charge in [0.1, 0.15) is 0 Å². The Bertz CT molecular complexity index is 1100. The number of carbonyl (C=O) groups is 1. The number of nitrogens with one attached hydrogen (secondary N) is 1. The molecule has 0 bridgehead atoms. The van der Waals surface area contributed by atoms with Gasteiger partial charge in [0.05, 0.1) is 33.0 Å². The highest BCUT2D eigenvalue weighted by molar-refractivity contribution is 7.80. The number of aryl methyl sites for hydroxylation is 1. The van der Waals surface area contributed by atoms with Crippen molar-refractivity contribution >= 4 is 51.3 Å². The molecule has 166 valence electrons. The molecular weight excluding hydrogens is 447 g/mol. The Kier molecular flexibility index (Phi) is 7.49. The van der Waals surface area contributed by atoms with Gasteiger partial charge in [-0.15, -0.1) is 0 Å². The number of aromatic nitrogens is 2. The van der Waals surface area contributed by atoms with E-state index in [-0.39, 0.29) is 16.6 Å². The summed E-state index contributed by atoms with van der Waals surface area (Å²) in [5.41, 5.74) is 0.654. The zero-order chi connectivity index (χ0) is 23.6. The van der Waals surface area contributed by atoms with E-state index in [1.54, 1.807) is 20.8 Å². The summed E-state index contributed by atoms with van der Waals surface area (Å²) in [6.07, 6.45) is -2.76. The summed E-state index contributed by atoms with van der Waals surface area (Å²) in [6, 6.07) is 9.51. The molecule has 0 saturated carbocycles. The number of halogens is 4. The molecule has 1 amide bonds. The number of hydrogen-bond acceptors (Lipinski definition) is 3. The number of hydrogen-bond donors (Lipinski definition) is 1. The van der Waals surface area contributed by atoms with Crippen LogP contribution in [0.2, 0.25) is 5.02 Å². The second-order valence-electron chi connectivity index (χ2n) is 8.03. The number of H-pyrrole nitrogens is 1. The van der Waals surface area contributed by atoms with Crippen molar-refractivity contribution in [3.05, 3.63) is 58.7 Å². The molecule has 0 aliphatic heterocycles. The lowest BCUT2D eigenvalue weighted by Gasteiger charge is -2.29. The van der Waals surface area contributed by atoms with Gasteiger partial charge >= 0.3 is 6.18 Å². The Hall–Kier alpha value is -2.45. The predicted octanol–water partition coefficient (Wildman–Crippen LogP) is 6.96. The Morgan fingerprint density at radius 2 is 1.77 bits per heavy atom. The predicted molar refractivity (Wildman–Crippen MR) is 122 cm³/mol. The molecule has 0 fully saturated rings. The van der Waals surface area contributed by atoms with Crippen LogP contribution in [-0.4, -0.2) is 21.1 Å². The summed E-state index contributed by atoms with van der Waals surface area (Å²) >= 11 is 10.6. The maximum absolute atomic E-state index is 12.9. The molecule has 31 heavy (non-hydrogen) atoms. The standard InChI is InChI=1S/C14H15ClF3NOS.C8H8N2/c1-8(21)19(12(20)13(2,3)4)9-5-6-11(15)10(7-9)14(16,17)18;1-6-2-3-8-7(4-6)5-9-10-8/h5-7H,1-4H3;2-5H,1H3,(H,9,10). The Morgan fingerprint density at radius 1 is 1.13 bits per heavy atom. The third kappa shape index (κ3) is 6.27. The van der Waals surface area contributed by atoms with Crippen molar-refractivity contribution in [2.75, 3.05) is 4.90 Å². The molecule has 9 heteroatoms. The van der Waals surface area contributed by atoms with Gasteiger partial charge in [-0.25, -0.2) is 0 Å². The highest BCUT2D eigenvalue weighted by Crippen LogP contribution is 2.37. The van der Waals surface area contributed by atoms with E-state index in [9.17, 15) is 18.0 Å². The van der Waals surface area contributed by atoms with Crippen molar-refractivity contribution in [2.24, 2.45) is 5.41 Å². The minimum absolute atomic E-state index is 0.0548. The third-order valence-corrected chi connectivity index (χ3v) is 4.78. The highest BCUT2D eigenvalue weighted by Gasteiger charge is 2.35. The number of amides is 1. The summed E-state index contributed by atoms with van der Waals surface area (Å²) in [5.74, 6) is -0.384. The fraction of sp³-hybridized carbons (Fsp3) is 0.318. The van der Waals surface area contributed by atoms with Crippen LogP contribution in [0.15, 0.2) is 42.6 Å². The van der Waals surface area contributed by atoms with E-state index in [1.807, 2.05) is 12.3 Å². The summed E-state index contributed by atoms with van der Waals surface area (Å²) in [6.45, 7) is 8.57. The number of carbonyl (C=O) groups excluding carboxylic acids is 1. The van der Waals surface area contributed by atoms with Crippen molar-refractivity contribution in [1.82, 2.24) is 10.2 Å². The van der Waals surface area contributed by atoms with Crippen LogP contribution in [0.5, 0.6) is 0 Å². The molecule has 0 atom stereocenters. The summed E-state index contributed by atoms with van der Waals surface area (Å²) in [5, 5.41) is 7.57. The average molecular weight is 470 g/mol. The van der Waals surface area contributed by atoms with Crippen LogP contribution in [0.25, 0.3) is 10.9 Å². The molecular formula is C22H23ClF3N3OS. The zero-order valence-electron chi connectivity index (χ0n) is 17.8. The Balaban J connectivity index is 0.000000280. The quantitative estimate of drug-likeness (QED) is 0.392. The van der Waals surface area contributed by atoms with E-state index in [0.29, 0.717) is 0 Å². The zero-order valence-corrected chi connectivity index (χ0v) is 19.3. The van der Waals surface area contributed by atoms with Crippen molar-refractivity contribution in [1.29, 1.82) is 0 Å². The number of thiocarbonyl (C=S) groups is 1. The molecule has 0 unspecified atom stereocenters. The number of nitrogens with zero attached hydrogens (tertiary/aromatic N) is 2. The molecule has 1 aromatic heterocycles. The van der Waals surface area contributed by atoms with Crippen molar-refractivity contribution in [3.8, 4) is 0 Å². The second kappa shape index (κ2) is 9.36. The van der Waals surface area contributed by atoms with E-state index < -0.39 is 22.2 Å². The summed E-state index contributed by atoms with van der Waals surface area (Å²) in [7, 11) is 0. The van der Waals surface area contributed by atoms with Gasteiger partial charge in [-0.1, -0.05) is 56.2 Å². The van der Waals surface area contributed by atoms with E-state index >= 15 is 0 Å². The molecule has 2 aromatic carbocycles. The molecule has 3 rings (SSSR count). The molecule has 0 radical (unpaired) electrons. The maximum atomic E-state index is 12.9. The van der Waals surface area contributed by atoms with Gasteiger partial charge in [0.15, 0.2) is 0 Å². The van der Waals surface area contributed by atoms with Crippen LogP contribution >= 0.6 is 23.8 Å². The van der Waals surface area contributed by atoms with Crippen molar-refractivity contribution in [3.63, 3.8) is 0 Å². The number of fused-ring (bicyclic) bond motifs is 1. The fourth-order valence-corrected chi connectivity index (χ4v) is 3.12. The minimum atomic E-state index is -4.60. The molecule has 1 heterocycles. The second-order valence-corrected chi connectivity index (χ2v) is 9.03. The first-order valence-corrected chi connectivity index (χ1v) is 10.1. The van der Waals surface area contributed by atoms with Crippen LogP contribution in [0.1, 0.15) is 38.8 Å². The van der Waals surface area contributed by atoms with Gasteiger partial charge in [0.2, 0.25) is 5.91 Å². The largest absolute Gasteiger partial charge is 0.417 e. The SMILES string of the molecule is CC(=S)N(C(=O)C(C)(C)C)c1ccc(Cl)c(C(F)(F)F)c1.Cc1ccc2[nH]ncc2c1. The summed E-state index contributed by atoms with van der Waals surface area (Å²) < 4.78 is 38.7. The number of anilines is 1. The number of benzene rings is 2.